The summed E-state index contributed by atoms with van der Waals surface area (Å²) in [5.41, 5.74) is 1.56. The second kappa shape index (κ2) is 6.08. The minimum atomic E-state index is 0.135. The third-order valence-electron chi connectivity index (χ3n) is 7.15. The number of carbonyl (C=O) groups excluding carboxylic acids is 1. The van der Waals surface area contributed by atoms with E-state index in [0.717, 1.165) is 50.0 Å². The molecule has 2 unspecified atom stereocenters. The first-order chi connectivity index (χ1) is 12.2. The van der Waals surface area contributed by atoms with Crippen LogP contribution >= 0.6 is 0 Å². The van der Waals surface area contributed by atoms with E-state index < -0.39 is 0 Å². The van der Waals surface area contributed by atoms with Gasteiger partial charge in [-0.05, 0) is 82.7 Å². The van der Waals surface area contributed by atoms with Crippen molar-refractivity contribution < 1.29 is 4.79 Å². The highest BCUT2D eigenvalue weighted by atomic mass is 16.2. The molecule has 1 aromatic rings. The van der Waals surface area contributed by atoms with Gasteiger partial charge in [-0.25, -0.2) is 4.68 Å². The Hall–Kier alpha value is -1.43. The Morgan fingerprint density at radius 1 is 1.00 bits per heavy atom. The zero-order valence-electron chi connectivity index (χ0n) is 15.2. The van der Waals surface area contributed by atoms with Crippen LogP contribution in [-0.4, -0.2) is 51.5 Å². The first-order valence-electron chi connectivity index (χ1n) is 10.1. The maximum absolute atomic E-state index is 13.3. The van der Waals surface area contributed by atoms with Crippen molar-refractivity contribution in [3.63, 3.8) is 0 Å². The van der Waals surface area contributed by atoms with Crippen LogP contribution in [0.15, 0.2) is 0 Å². The van der Waals surface area contributed by atoms with Gasteiger partial charge in [-0.3, -0.25) is 4.79 Å². The summed E-state index contributed by atoms with van der Waals surface area (Å²) < 4.78 is 2.01. The smallest absolute Gasteiger partial charge is 0.276 e. The van der Waals surface area contributed by atoms with Crippen molar-refractivity contribution in [3.8, 4) is 0 Å². The lowest BCUT2D eigenvalue weighted by molar-refractivity contribution is 0.0626. The molecule has 6 rings (SSSR count). The van der Waals surface area contributed by atoms with Crippen molar-refractivity contribution in [2.75, 3.05) is 19.6 Å². The quantitative estimate of drug-likeness (QED) is 0.894. The molecule has 4 heterocycles. The molecule has 1 amide bonds. The number of hydrogen-bond acceptors (Lipinski definition) is 4. The Labute approximate surface area is 149 Å². The number of nitrogens with one attached hydrogen (secondary N) is 1. The molecule has 0 radical (unpaired) electrons. The van der Waals surface area contributed by atoms with Crippen molar-refractivity contribution in [2.24, 2.45) is 17.8 Å². The van der Waals surface area contributed by atoms with Gasteiger partial charge in [0.1, 0.15) is 0 Å². The minimum Gasteiger partial charge on any atom is -0.334 e. The van der Waals surface area contributed by atoms with E-state index >= 15 is 0 Å². The number of fused-ring (bicyclic) bond motifs is 1. The van der Waals surface area contributed by atoms with E-state index in [1.165, 1.54) is 32.1 Å². The average molecular weight is 343 g/mol. The van der Waals surface area contributed by atoms with Gasteiger partial charge in [0.2, 0.25) is 0 Å². The Balaban J connectivity index is 1.40. The molecule has 3 aliphatic heterocycles. The van der Waals surface area contributed by atoms with Gasteiger partial charge in [0, 0.05) is 12.6 Å². The van der Waals surface area contributed by atoms with Gasteiger partial charge in [-0.15, -0.1) is 5.10 Å². The molecule has 5 fully saturated rings. The molecule has 136 valence electrons. The number of piperidine rings is 1. The largest absolute Gasteiger partial charge is 0.334 e. The first-order valence-corrected chi connectivity index (χ1v) is 10.1. The van der Waals surface area contributed by atoms with Gasteiger partial charge in [0.05, 0.1) is 11.7 Å². The summed E-state index contributed by atoms with van der Waals surface area (Å²) in [6.07, 6.45) is 8.61. The van der Waals surface area contributed by atoms with Crippen molar-refractivity contribution in [1.29, 1.82) is 0 Å². The van der Waals surface area contributed by atoms with E-state index in [0.29, 0.717) is 23.7 Å². The van der Waals surface area contributed by atoms with Crippen LogP contribution in [0.1, 0.15) is 67.2 Å². The minimum absolute atomic E-state index is 0.135. The van der Waals surface area contributed by atoms with Crippen LogP contribution in [0.5, 0.6) is 0 Å². The van der Waals surface area contributed by atoms with Crippen LogP contribution in [0, 0.1) is 24.7 Å². The van der Waals surface area contributed by atoms with E-state index in [-0.39, 0.29) is 5.91 Å². The zero-order chi connectivity index (χ0) is 17.0. The summed E-state index contributed by atoms with van der Waals surface area (Å²) in [5, 5.41) is 12.1. The summed E-state index contributed by atoms with van der Waals surface area (Å²) in [6.45, 7) is 5.00. The lowest BCUT2D eigenvalue weighted by Crippen LogP contribution is -2.42. The number of hydrogen-bond donors (Lipinski definition) is 1. The molecule has 5 aliphatic rings. The molecule has 25 heavy (non-hydrogen) atoms. The molecule has 4 bridgehead atoms. The van der Waals surface area contributed by atoms with Crippen LogP contribution < -0.4 is 5.32 Å². The summed E-state index contributed by atoms with van der Waals surface area (Å²) in [5.74, 6) is 2.55. The second-order valence-electron chi connectivity index (χ2n) is 8.84. The zero-order valence-corrected chi connectivity index (χ0v) is 15.2. The van der Waals surface area contributed by atoms with Crippen LogP contribution in [0.25, 0.3) is 0 Å². The fourth-order valence-corrected chi connectivity index (χ4v) is 6.11. The molecule has 6 heteroatoms. The highest BCUT2D eigenvalue weighted by Gasteiger charge is 2.44. The normalized spacial score (nSPS) is 35.2. The highest BCUT2D eigenvalue weighted by Crippen LogP contribution is 2.47. The number of carbonyl (C=O) groups is 1. The van der Waals surface area contributed by atoms with Gasteiger partial charge in [-0.1, -0.05) is 5.21 Å². The molecule has 3 saturated heterocycles. The predicted octanol–water partition coefficient (Wildman–Crippen LogP) is 2.16. The Bertz CT molecular complexity index is 651. The van der Waals surface area contributed by atoms with Crippen LogP contribution in [-0.2, 0) is 0 Å². The molecule has 6 nitrogen and oxygen atoms in total. The van der Waals surface area contributed by atoms with E-state index in [1.54, 1.807) is 0 Å². The molecular weight excluding hydrogens is 314 g/mol. The first kappa shape index (κ1) is 15.8. The van der Waals surface area contributed by atoms with Crippen molar-refractivity contribution in [3.05, 3.63) is 11.4 Å². The van der Waals surface area contributed by atoms with E-state index in [9.17, 15) is 4.79 Å². The molecule has 1 N–H and O–H groups in total. The summed E-state index contributed by atoms with van der Waals surface area (Å²) >= 11 is 0. The molecule has 1 aromatic heterocycles. The van der Waals surface area contributed by atoms with E-state index in [4.69, 9.17) is 0 Å². The lowest BCUT2D eigenvalue weighted by Gasteiger charge is -2.38. The SMILES string of the molecule is Cc1c(C(=O)N2CC3CC4CC(C3)CC2C4)nnn1C1CCNCC1. The van der Waals surface area contributed by atoms with E-state index in [2.05, 4.69) is 20.5 Å². The standard InChI is InChI=1S/C19H29N5O/c1-12-18(21-22-24(12)16-2-4-20-5-3-16)19(25)23-11-15-7-13-6-14(8-15)10-17(23)9-13/h13-17,20H,2-11H2,1H3. The Morgan fingerprint density at radius 2 is 1.68 bits per heavy atom. The van der Waals surface area contributed by atoms with Crippen molar-refractivity contribution >= 4 is 5.91 Å². The fourth-order valence-electron chi connectivity index (χ4n) is 6.11. The second-order valence-corrected chi connectivity index (χ2v) is 8.84. The number of aromatic nitrogens is 3. The molecular formula is C19H29N5O. The average Bonchev–Trinajstić information content (AvgIpc) is 2.89. The topological polar surface area (TPSA) is 63.1 Å². The number of amides is 1. The van der Waals surface area contributed by atoms with Gasteiger partial charge in [0.25, 0.3) is 5.91 Å². The molecule has 2 atom stereocenters. The maximum atomic E-state index is 13.3. The monoisotopic (exact) mass is 343 g/mol. The van der Waals surface area contributed by atoms with Gasteiger partial charge >= 0.3 is 0 Å². The summed E-state index contributed by atoms with van der Waals surface area (Å²) in [6, 6.07) is 0.818. The molecule has 2 aliphatic carbocycles. The number of nitrogens with zero attached hydrogens (tertiary/aromatic N) is 4. The highest BCUT2D eigenvalue weighted by molar-refractivity contribution is 5.93. The molecule has 0 spiro atoms. The van der Waals surface area contributed by atoms with Crippen LogP contribution in [0.3, 0.4) is 0 Å². The summed E-state index contributed by atoms with van der Waals surface area (Å²) in [4.78, 5) is 15.5. The fraction of sp³-hybridized carbons (Fsp3) is 0.842. The van der Waals surface area contributed by atoms with Crippen molar-refractivity contribution in [2.45, 2.75) is 64.0 Å². The van der Waals surface area contributed by atoms with Crippen molar-refractivity contribution in [1.82, 2.24) is 25.2 Å². The number of rotatable bonds is 2. The Kier molecular flexibility index (Phi) is 3.84. The van der Waals surface area contributed by atoms with E-state index in [1.807, 2.05) is 11.6 Å². The maximum Gasteiger partial charge on any atom is 0.276 e. The predicted molar refractivity (Wildman–Crippen MR) is 94.3 cm³/mol. The lowest BCUT2D eigenvalue weighted by atomic mass is 9.68. The summed E-state index contributed by atoms with van der Waals surface area (Å²) in [7, 11) is 0. The molecule has 2 saturated carbocycles. The third kappa shape index (κ3) is 2.69. The Morgan fingerprint density at radius 3 is 2.40 bits per heavy atom. The van der Waals surface area contributed by atoms with Gasteiger partial charge < -0.3 is 10.2 Å². The van der Waals surface area contributed by atoms with Crippen LogP contribution in [0.4, 0.5) is 0 Å². The van der Waals surface area contributed by atoms with Gasteiger partial charge in [-0.2, -0.15) is 0 Å². The van der Waals surface area contributed by atoms with Crippen LogP contribution in [0.2, 0.25) is 0 Å². The molecule has 0 aromatic carbocycles. The van der Waals surface area contributed by atoms with Gasteiger partial charge in [0.15, 0.2) is 5.69 Å². The third-order valence-corrected chi connectivity index (χ3v) is 7.15.